The summed E-state index contributed by atoms with van der Waals surface area (Å²) >= 11 is 0. The van der Waals surface area contributed by atoms with E-state index in [9.17, 15) is 15.0 Å². The van der Waals surface area contributed by atoms with Gasteiger partial charge in [0.25, 0.3) is 0 Å². The molecule has 2 saturated carbocycles. The molecule has 3 fully saturated rings. The van der Waals surface area contributed by atoms with Crippen molar-refractivity contribution in [2.24, 2.45) is 5.92 Å². The monoisotopic (exact) mass is 355 g/mol. The molecular weight excluding hydrogens is 330 g/mol. The lowest BCUT2D eigenvalue weighted by molar-refractivity contribution is -0.950. The molecule has 26 heavy (non-hydrogen) atoms. The van der Waals surface area contributed by atoms with Gasteiger partial charge in [-0.1, -0.05) is 17.9 Å². The van der Waals surface area contributed by atoms with Gasteiger partial charge in [0.05, 0.1) is 25.6 Å². The highest BCUT2D eigenvalue weighted by Gasteiger charge is 2.76. The summed E-state index contributed by atoms with van der Waals surface area (Å²) in [6.07, 6.45) is 4.26. The minimum absolute atomic E-state index is 0.0511. The zero-order chi connectivity index (χ0) is 17.9. The van der Waals surface area contributed by atoms with Crippen molar-refractivity contribution in [3.63, 3.8) is 0 Å². The van der Waals surface area contributed by atoms with E-state index in [-0.39, 0.29) is 17.6 Å². The van der Waals surface area contributed by atoms with Gasteiger partial charge in [-0.05, 0) is 24.8 Å². The van der Waals surface area contributed by atoms with Crippen molar-refractivity contribution in [2.75, 3.05) is 20.1 Å². The normalized spacial score (nSPS) is 45.2. The molecule has 0 radical (unpaired) electrons. The third kappa shape index (κ3) is 1.55. The van der Waals surface area contributed by atoms with Gasteiger partial charge in [-0.2, -0.15) is 0 Å². The lowest BCUT2D eigenvalue weighted by atomic mass is 9.48. The van der Waals surface area contributed by atoms with Crippen molar-refractivity contribution in [1.82, 2.24) is 0 Å². The van der Waals surface area contributed by atoms with E-state index in [0.29, 0.717) is 18.6 Å². The molecule has 5 atom stereocenters. The molecule has 1 aromatic carbocycles. The highest BCUT2D eigenvalue weighted by atomic mass is 16.5. The number of Topliss-reactive ketones (excluding diaryl/α,β-unsaturated/α-hetero) is 1. The Morgan fingerprint density at radius 3 is 2.92 bits per heavy atom. The largest absolute Gasteiger partial charge is 0.870 e. The highest BCUT2D eigenvalue weighted by molar-refractivity contribution is 5.89. The first-order chi connectivity index (χ1) is 12.4. The lowest BCUT2D eigenvalue weighted by Crippen LogP contribution is -2.80. The molecule has 3 aliphatic carbocycles. The van der Waals surface area contributed by atoms with Crippen LogP contribution in [-0.2, 0) is 16.6 Å². The van der Waals surface area contributed by atoms with Crippen molar-refractivity contribution < 1.29 is 24.2 Å². The fourth-order valence-electron chi connectivity index (χ4n) is 6.93. The molecule has 5 nitrogen and oxygen atoms in total. The molecule has 2 bridgehead atoms. The van der Waals surface area contributed by atoms with E-state index in [2.05, 4.69) is 7.05 Å². The Morgan fingerprint density at radius 1 is 1.35 bits per heavy atom. The van der Waals surface area contributed by atoms with E-state index in [1.807, 2.05) is 6.07 Å². The van der Waals surface area contributed by atoms with E-state index < -0.39 is 17.1 Å². The molecule has 1 aromatic rings. The van der Waals surface area contributed by atoms with Gasteiger partial charge in [0, 0.05) is 30.7 Å². The van der Waals surface area contributed by atoms with E-state index in [1.165, 1.54) is 12.8 Å². The van der Waals surface area contributed by atoms with Crippen LogP contribution in [0.4, 0.5) is 0 Å². The number of likely N-dealkylation sites (tertiary alicyclic amines) is 1. The van der Waals surface area contributed by atoms with Gasteiger partial charge in [0.15, 0.2) is 11.9 Å². The highest BCUT2D eigenvalue weighted by Crippen LogP contribution is 2.65. The van der Waals surface area contributed by atoms with Gasteiger partial charge in [-0.25, -0.2) is 0 Å². The second-order valence-electron chi connectivity index (χ2n) is 9.59. The van der Waals surface area contributed by atoms with Crippen LogP contribution in [0, 0.1) is 5.92 Å². The summed E-state index contributed by atoms with van der Waals surface area (Å²) in [5.74, 6) is 1.02. The van der Waals surface area contributed by atoms with Gasteiger partial charge < -0.3 is 19.4 Å². The quantitative estimate of drug-likeness (QED) is 0.805. The molecule has 1 N–H and O–H groups in total. The molecule has 5 aliphatic rings. The summed E-state index contributed by atoms with van der Waals surface area (Å²) < 4.78 is 6.91. The standard InChI is InChI=1S/C21H25NO4/c1-22(11-12-2-3-12)9-8-20-17-13-4-5-14(23)18(17)26-19(20)15(24)6-7-21(20,25)16(22)10-13/h4-5,12,16,19,25H,2-3,6-11H2,1H3/t16-,19?,20+,21+,22-/m1/s1. The number of nitrogens with zero attached hydrogens (tertiary/aromatic N) is 1. The lowest BCUT2D eigenvalue weighted by Gasteiger charge is -2.64. The number of hydrogen-bond donors (Lipinski definition) is 1. The Bertz CT molecular complexity index is 849. The Balaban J connectivity index is 1.60. The van der Waals surface area contributed by atoms with Gasteiger partial charge >= 0.3 is 0 Å². The summed E-state index contributed by atoms with van der Waals surface area (Å²) in [5, 5.41) is 24.6. The molecule has 138 valence electrons. The van der Waals surface area contributed by atoms with E-state index in [0.717, 1.165) is 47.5 Å². The van der Waals surface area contributed by atoms with Crippen LogP contribution in [0.2, 0.25) is 0 Å². The molecule has 1 saturated heterocycles. The van der Waals surface area contributed by atoms with Crippen LogP contribution < -0.4 is 9.84 Å². The van der Waals surface area contributed by atoms with Crippen LogP contribution in [0.3, 0.4) is 0 Å². The summed E-state index contributed by atoms with van der Waals surface area (Å²) in [6, 6.07) is 3.58. The maximum absolute atomic E-state index is 12.8. The fourth-order valence-corrected chi connectivity index (χ4v) is 6.93. The molecule has 2 aliphatic heterocycles. The number of aliphatic hydroxyl groups is 1. The number of benzene rings is 1. The Morgan fingerprint density at radius 2 is 2.15 bits per heavy atom. The summed E-state index contributed by atoms with van der Waals surface area (Å²) in [4.78, 5) is 12.8. The zero-order valence-corrected chi connectivity index (χ0v) is 15.2. The summed E-state index contributed by atoms with van der Waals surface area (Å²) in [5.41, 5.74) is 0.322. The number of hydrogen-bond acceptors (Lipinski definition) is 4. The van der Waals surface area contributed by atoms with Crippen molar-refractivity contribution in [3.8, 4) is 11.5 Å². The SMILES string of the molecule is C[N@+]1(CC2CC2)CC[C@]23c4c5ccc([O-])c4OC2C(=O)CC[C@]3(O)[C@H]1C5. The van der Waals surface area contributed by atoms with Crippen LogP contribution in [0.25, 0.3) is 0 Å². The molecule has 0 aromatic heterocycles. The number of carbonyl (C=O) groups excluding carboxylic acids is 1. The summed E-state index contributed by atoms with van der Waals surface area (Å²) in [7, 11) is 2.29. The third-order valence-corrected chi connectivity index (χ3v) is 8.26. The minimum Gasteiger partial charge on any atom is -0.870 e. The van der Waals surface area contributed by atoms with Gasteiger partial charge in [-0.15, -0.1) is 0 Å². The topological polar surface area (TPSA) is 69.6 Å². The number of carbonyl (C=O) groups is 1. The zero-order valence-electron chi connectivity index (χ0n) is 15.2. The number of ether oxygens (including phenoxy) is 1. The number of piperidine rings is 1. The second-order valence-corrected chi connectivity index (χ2v) is 9.59. The number of quaternary nitrogens is 1. The molecular formula is C21H25NO4. The van der Waals surface area contributed by atoms with Crippen LogP contribution in [0.15, 0.2) is 12.1 Å². The Hall–Kier alpha value is -1.59. The van der Waals surface area contributed by atoms with Crippen molar-refractivity contribution >= 4 is 5.78 Å². The van der Waals surface area contributed by atoms with Crippen LogP contribution >= 0.6 is 0 Å². The maximum atomic E-state index is 12.8. The van der Waals surface area contributed by atoms with Crippen molar-refractivity contribution in [3.05, 3.63) is 23.3 Å². The molecule has 0 amide bonds. The van der Waals surface area contributed by atoms with Crippen LogP contribution in [-0.4, -0.2) is 53.3 Å². The number of rotatable bonds is 2. The second kappa shape index (κ2) is 4.45. The van der Waals surface area contributed by atoms with Crippen molar-refractivity contribution in [1.29, 1.82) is 0 Å². The smallest absolute Gasteiger partial charge is 0.174 e. The minimum atomic E-state index is -0.959. The fraction of sp³-hybridized carbons (Fsp3) is 0.667. The van der Waals surface area contributed by atoms with Crippen LogP contribution in [0.1, 0.15) is 43.2 Å². The average Bonchev–Trinajstić information content (AvgIpc) is 3.32. The van der Waals surface area contributed by atoms with Crippen molar-refractivity contribution in [2.45, 2.75) is 61.7 Å². The van der Waals surface area contributed by atoms with Gasteiger partial charge in [0.2, 0.25) is 0 Å². The summed E-state index contributed by atoms with van der Waals surface area (Å²) in [6.45, 7) is 2.06. The third-order valence-electron chi connectivity index (χ3n) is 8.26. The molecule has 1 unspecified atom stereocenters. The van der Waals surface area contributed by atoms with Gasteiger partial charge in [-0.3, -0.25) is 4.79 Å². The average molecular weight is 355 g/mol. The number of ketones is 1. The number of likely N-dealkylation sites (N-methyl/N-ethyl adjacent to an activating group) is 1. The molecule has 5 heteroatoms. The molecule has 6 rings (SSSR count). The maximum Gasteiger partial charge on any atom is 0.174 e. The predicted molar refractivity (Wildman–Crippen MR) is 91.9 cm³/mol. The predicted octanol–water partition coefficient (Wildman–Crippen LogP) is 1.04. The first kappa shape index (κ1) is 15.5. The first-order valence-corrected chi connectivity index (χ1v) is 9.98. The Labute approximate surface area is 153 Å². The van der Waals surface area contributed by atoms with Crippen LogP contribution in [0.5, 0.6) is 11.5 Å². The molecule has 2 heterocycles. The molecule has 1 spiro atoms. The Kier molecular flexibility index (Phi) is 2.65. The van der Waals surface area contributed by atoms with E-state index >= 15 is 0 Å². The first-order valence-electron chi connectivity index (χ1n) is 9.98. The van der Waals surface area contributed by atoms with Gasteiger partial charge in [0.1, 0.15) is 17.4 Å². The van der Waals surface area contributed by atoms with E-state index in [4.69, 9.17) is 4.74 Å². The van der Waals surface area contributed by atoms with E-state index in [1.54, 1.807) is 6.07 Å².